The van der Waals surface area contributed by atoms with Crippen LogP contribution in [0.2, 0.25) is 0 Å². The first kappa shape index (κ1) is 21.0. The monoisotopic (exact) mass is 433 g/mol. The summed E-state index contributed by atoms with van der Waals surface area (Å²) < 4.78 is 3.69. The summed E-state index contributed by atoms with van der Waals surface area (Å²) in [6, 6.07) is 7.21. The van der Waals surface area contributed by atoms with E-state index in [9.17, 15) is 4.79 Å². The predicted molar refractivity (Wildman–Crippen MR) is 123 cm³/mol. The fourth-order valence-electron chi connectivity index (χ4n) is 4.84. The van der Waals surface area contributed by atoms with E-state index < -0.39 is 0 Å². The van der Waals surface area contributed by atoms with Gasteiger partial charge in [-0.2, -0.15) is 10.2 Å². The van der Waals surface area contributed by atoms with Gasteiger partial charge in [-0.15, -0.1) is 0 Å². The number of rotatable bonds is 6. The SMILES string of the molecule is Cn1nc2c(c1CN1CCN(CCn3nc(-c4cccnc4)ccc3=O)CC1)CCCC2. The molecular weight excluding hydrogens is 402 g/mol. The number of aryl methyl sites for hydroxylation is 2. The minimum Gasteiger partial charge on any atom is -0.299 e. The van der Waals surface area contributed by atoms with E-state index in [1.807, 2.05) is 12.1 Å². The fraction of sp³-hybridized carbons (Fsp3) is 0.500. The molecule has 3 aromatic heterocycles. The molecule has 0 bridgehead atoms. The Labute approximate surface area is 188 Å². The summed E-state index contributed by atoms with van der Waals surface area (Å²) in [6.07, 6.45) is 8.38. The maximum absolute atomic E-state index is 12.3. The maximum atomic E-state index is 12.3. The predicted octanol–water partition coefficient (Wildman–Crippen LogP) is 1.74. The first-order valence-corrected chi connectivity index (χ1v) is 11.6. The molecule has 168 valence electrons. The molecule has 1 aliphatic heterocycles. The van der Waals surface area contributed by atoms with Crippen molar-refractivity contribution in [3.8, 4) is 11.3 Å². The van der Waals surface area contributed by atoms with Gasteiger partial charge in [-0.1, -0.05) is 0 Å². The Morgan fingerprint density at radius 2 is 1.75 bits per heavy atom. The van der Waals surface area contributed by atoms with Gasteiger partial charge in [-0.25, -0.2) is 4.68 Å². The Morgan fingerprint density at radius 1 is 0.938 bits per heavy atom. The number of nitrogens with zero attached hydrogens (tertiary/aromatic N) is 7. The number of fused-ring (bicyclic) bond motifs is 1. The van der Waals surface area contributed by atoms with Gasteiger partial charge >= 0.3 is 0 Å². The molecular formula is C24H31N7O. The Balaban J connectivity index is 1.16. The molecule has 0 N–H and O–H groups in total. The standard InChI is InChI=1S/C24H31N7O/c1-28-23(20-6-2-3-7-22(20)26-28)18-30-13-11-29(12-14-30)15-16-31-24(32)9-8-21(27-31)19-5-4-10-25-17-19/h4-5,8-10,17H,2-3,6-7,11-16,18H2,1H3. The van der Waals surface area contributed by atoms with Crippen LogP contribution in [-0.4, -0.2) is 67.1 Å². The van der Waals surface area contributed by atoms with E-state index in [4.69, 9.17) is 5.10 Å². The highest BCUT2D eigenvalue weighted by atomic mass is 16.1. The normalized spacial score (nSPS) is 17.4. The summed E-state index contributed by atoms with van der Waals surface area (Å²) in [5, 5.41) is 9.33. The largest absolute Gasteiger partial charge is 0.299 e. The van der Waals surface area contributed by atoms with Crippen LogP contribution in [-0.2, 0) is 33.0 Å². The quantitative estimate of drug-likeness (QED) is 0.590. The fourth-order valence-corrected chi connectivity index (χ4v) is 4.84. The third kappa shape index (κ3) is 4.52. The molecule has 0 radical (unpaired) electrons. The van der Waals surface area contributed by atoms with E-state index in [2.05, 4.69) is 31.6 Å². The van der Waals surface area contributed by atoms with Crippen LogP contribution in [0.25, 0.3) is 11.3 Å². The third-order valence-electron chi connectivity index (χ3n) is 6.74. The summed E-state index contributed by atoms with van der Waals surface area (Å²) in [5.41, 5.74) is 5.86. The molecule has 8 nitrogen and oxygen atoms in total. The lowest BCUT2D eigenvalue weighted by atomic mass is 9.95. The van der Waals surface area contributed by atoms with Gasteiger partial charge in [0.05, 0.1) is 23.6 Å². The van der Waals surface area contributed by atoms with E-state index in [-0.39, 0.29) is 5.56 Å². The molecule has 1 saturated heterocycles. The molecule has 0 aromatic carbocycles. The van der Waals surface area contributed by atoms with Crippen molar-refractivity contribution < 1.29 is 0 Å². The van der Waals surface area contributed by atoms with Crippen LogP contribution < -0.4 is 5.56 Å². The highest BCUT2D eigenvalue weighted by Gasteiger charge is 2.23. The van der Waals surface area contributed by atoms with E-state index >= 15 is 0 Å². The summed E-state index contributed by atoms with van der Waals surface area (Å²) in [4.78, 5) is 21.4. The van der Waals surface area contributed by atoms with Gasteiger partial charge < -0.3 is 0 Å². The lowest BCUT2D eigenvalue weighted by molar-refractivity contribution is 0.120. The van der Waals surface area contributed by atoms with Gasteiger partial charge in [-0.3, -0.25) is 24.3 Å². The zero-order valence-electron chi connectivity index (χ0n) is 18.8. The van der Waals surface area contributed by atoms with E-state index in [1.165, 1.54) is 36.2 Å². The maximum Gasteiger partial charge on any atom is 0.266 e. The summed E-state index contributed by atoms with van der Waals surface area (Å²) in [7, 11) is 2.09. The molecule has 5 rings (SSSR count). The first-order valence-electron chi connectivity index (χ1n) is 11.6. The van der Waals surface area contributed by atoms with Crippen LogP contribution in [0, 0.1) is 0 Å². The van der Waals surface area contributed by atoms with E-state index in [0.29, 0.717) is 6.54 Å². The number of piperazine rings is 1. The van der Waals surface area contributed by atoms with Crippen LogP contribution >= 0.6 is 0 Å². The number of pyridine rings is 1. The van der Waals surface area contributed by atoms with Gasteiger partial charge in [0, 0.05) is 70.3 Å². The second-order valence-electron chi connectivity index (χ2n) is 8.84. The van der Waals surface area contributed by atoms with Crippen LogP contribution in [0.1, 0.15) is 29.8 Å². The Bertz CT molecular complexity index is 1110. The van der Waals surface area contributed by atoms with Crippen LogP contribution in [0.5, 0.6) is 0 Å². The Kier molecular flexibility index (Phi) is 6.14. The van der Waals surface area contributed by atoms with Gasteiger partial charge in [0.25, 0.3) is 5.56 Å². The molecule has 1 aliphatic carbocycles. The molecule has 0 unspecified atom stereocenters. The highest BCUT2D eigenvalue weighted by Crippen LogP contribution is 2.25. The third-order valence-corrected chi connectivity index (χ3v) is 6.74. The molecule has 0 saturated carbocycles. The van der Waals surface area contributed by atoms with Gasteiger partial charge in [-0.05, 0) is 49.4 Å². The Hall–Kier alpha value is -2.84. The van der Waals surface area contributed by atoms with Gasteiger partial charge in [0.1, 0.15) is 0 Å². The van der Waals surface area contributed by atoms with Crippen LogP contribution in [0.3, 0.4) is 0 Å². The number of hydrogen-bond donors (Lipinski definition) is 0. The molecule has 4 heterocycles. The van der Waals surface area contributed by atoms with E-state index in [1.54, 1.807) is 29.2 Å². The second-order valence-corrected chi connectivity index (χ2v) is 8.84. The van der Waals surface area contributed by atoms with Crippen LogP contribution in [0.15, 0.2) is 41.5 Å². The lowest BCUT2D eigenvalue weighted by Crippen LogP contribution is -2.47. The zero-order chi connectivity index (χ0) is 21.9. The smallest absolute Gasteiger partial charge is 0.266 e. The highest BCUT2D eigenvalue weighted by molar-refractivity contribution is 5.56. The van der Waals surface area contributed by atoms with Crippen molar-refractivity contribution in [2.75, 3.05) is 32.7 Å². The molecule has 0 amide bonds. The van der Waals surface area contributed by atoms with Gasteiger partial charge in [0.2, 0.25) is 0 Å². The minimum absolute atomic E-state index is 0.0581. The Morgan fingerprint density at radius 3 is 2.56 bits per heavy atom. The van der Waals surface area contributed by atoms with Gasteiger partial charge in [0.15, 0.2) is 0 Å². The van der Waals surface area contributed by atoms with Crippen molar-refractivity contribution in [1.82, 2.24) is 34.3 Å². The molecule has 8 heteroatoms. The second kappa shape index (κ2) is 9.34. The molecule has 32 heavy (non-hydrogen) atoms. The average Bonchev–Trinajstić information content (AvgIpc) is 3.15. The van der Waals surface area contributed by atoms with Crippen molar-refractivity contribution in [3.63, 3.8) is 0 Å². The topological polar surface area (TPSA) is 72.1 Å². The molecule has 1 fully saturated rings. The van der Waals surface area contributed by atoms with Crippen LogP contribution in [0.4, 0.5) is 0 Å². The van der Waals surface area contributed by atoms with Crippen molar-refractivity contribution >= 4 is 0 Å². The summed E-state index contributed by atoms with van der Waals surface area (Å²) in [6.45, 7) is 6.52. The summed E-state index contributed by atoms with van der Waals surface area (Å²) >= 11 is 0. The molecule has 0 atom stereocenters. The number of aromatic nitrogens is 5. The van der Waals surface area contributed by atoms with Crippen molar-refractivity contribution in [3.05, 3.63) is 64.0 Å². The average molecular weight is 434 g/mol. The molecule has 2 aliphatic rings. The first-order chi connectivity index (χ1) is 15.7. The lowest BCUT2D eigenvalue weighted by Gasteiger charge is -2.34. The summed E-state index contributed by atoms with van der Waals surface area (Å²) in [5.74, 6) is 0. The number of hydrogen-bond acceptors (Lipinski definition) is 6. The zero-order valence-corrected chi connectivity index (χ0v) is 18.8. The van der Waals surface area contributed by atoms with Crippen molar-refractivity contribution in [1.29, 1.82) is 0 Å². The molecule has 0 spiro atoms. The molecule has 3 aromatic rings. The van der Waals surface area contributed by atoms with E-state index in [0.717, 1.165) is 56.9 Å². The van der Waals surface area contributed by atoms with Crippen molar-refractivity contribution in [2.45, 2.75) is 38.8 Å². The van der Waals surface area contributed by atoms with Crippen molar-refractivity contribution in [2.24, 2.45) is 7.05 Å². The minimum atomic E-state index is -0.0581.